The van der Waals surface area contributed by atoms with Gasteiger partial charge in [-0.25, -0.2) is 4.79 Å². The Balaban J connectivity index is 1.17. The van der Waals surface area contributed by atoms with Gasteiger partial charge in [0.25, 0.3) is 0 Å². The van der Waals surface area contributed by atoms with E-state index >= 15 is 0 Å². The number of fused-ring (bicyclic) bond motifs is 3. The molecule has 0 radical (unpaired) electrons. The van der Waals surface area contributed by atoms with Gasteiger partial charge in [-0.1, -0.05) is 45.9 Å². The number of thiophene rings is 1. The second kappa shape index (κ2) is 10.8. The zero-order chi connectivity index (χ0) is 34.1. The minimum Gasteiger partial charge on any atom is -0.450 e. The van der Waals surface area contributed by atoms with Crippen LogP contribution in [0.2, 0.25) is 0 Å². The van der Waals surface area contributed by atoms with Crippen LogP contribution in [0.25, 0.3) is 0 Å². The molecule has 7 heteroatoms. The molecule has 0 saturated heterocycles. The minimum atomic E-state index is -1.09. The number of ether oxygens (including phenoxy) is 1. The number of Topliss-reactive ketones (excluding diaryl/α,β-unsaturated/α-hetero) is 1. The molecule has 48 heavy (non-hydrogen) atoms. The van der Waals surface area contributed by atoms with Crippen molar-refractivity contribution in [3.63, 3.8) is 0 Å². The molecule has 9 aliphatic carbocycles. The Bertz CT molecular complexity index is 1580. The molecule has 1 aromatic rings. The molecule has 2 spiro atoms. The predicted octanol–water partition coefficient (Wildman–Crippen LogP) is 8.36. The lowest BCUT2D eigenvalue weighted by molar-refractivity contribution is -0.176. The number of hydrogen-bond acceptors (Lipinski definition) is 6. The molecule has 6 fully saturated rings. The summed E-state index contributed by atoms with van der Waals surface area (Å²) in [4.78, 5) is 32.2. The van der Waals surface area contributed by atoms with Gasteiger partial charge in [0.2, 0.25) is 0 Å². The van der Waals surface area contributed by atoms with Crippen molar-refractivity contribution >= 4 is 23.2 Å². The summed E-state index contributed by atoms with van der Waals surface area (Å²) >= 11 is 1.57. The van der Waals surface area contributed by atoms with E-state index in [2.05, 4.69) is 52.8 Å². The maximum absolute atomic E-state index is 14.7. The first kappa shape index (κ1) is 33.2. The van der Waals surface area contributed by atoms with Crippen molar-refractivity contribution in [2.24, 2.45) is 56.7 Å². The van der Waals surface area contributed by atoms with Gasteiger partial charge in [-0.05, 0) is 131 Å². The van der Waals surface area contributed by atoms with Crippen LogP contribution in [-0.2, 0) is 4.74 Å². The Morgan fingerprint density at radius 2 is 1.71 bits per heavy atom. The fraction of sp³-hybridized carbons (Fsp3) is 0.756. The second-order valence-electron chi connectivity index (χ2n) is 18.3. The van der Waals surface area contributed by atoms with Crippen molar-refractivity contribution < 1.29 is 24.5 Å². The summed E-state index contributed by atoms with van der Waals surface area (Å²) in [7, 11) is 0. The molecule has 10 rings (SSSR count). The minimum absolute atomic E-state index is 0.0632. The third-order valence-corrected chi connectivity index (χ3v) is 17.4. The quantitative estimate of drug-likeness (QED) is 0.224. The third kappa shape index (κ3) is 4.22. The van der Waals surface area contributed by atoms with Gasteiger partial charge in [0.1, 0.15) is 0 Å². The average Bonchev–Trinajstić information content (AvgIpc) is 3.60. The first-order chi connectivity index (χ1) is 22.6. The van der Waals surface area contributed by atoms with Crippen LogP contribution >= 0.6 is 11.3 Å². The number of rotatable bonds is 7. The fourth-order valence-electron chi connectivity index (χ4n) is 13.5. The van der Waals surface area contributed by atoms with Crippen LogP contribution in [0.4, 0.5) is 4.79 Å². The molecule has 2 N–H and O–H groups in total. The highest BCUT2D eigenvalue weighted by Crippen LogP contribution is 2.78. The van der Waals surface area contributed by atoms with Gasteiger partial charge in [-0.15, -0.1) is 11.3 Å². The van der Waals surface area contributed by atoms with Crippen molar-refractivity contribution in [1.82, 2.24) is 4.90 Å². The Kier molecular flexibility index (Phi) is 7.45. The molecular weight excluding hydrogens is 619 g/mol. The SMILES string of the molecule is CCOC(=O)N(CC1CCC2CC1C2(C)C)CC1(O)CCC2C34C=CC5(C=C3C(=O)c3ccc(C)s3)CC(O)CCC5(C)C4CCC21C. The summed E-state index contributed by atoms with van der Waals surface area (Å²) in [5.74, 6) is 2.26. The van der Waals surface area contributed by atoms with Crippen molar-refractivity contribution in [3.05, 3.63) is 45.7 Å². The molecule has 262 valence electrons. The average molecular weight is 676 g/mol. The number of carbonyl (C=O) groups excluding carboxylic acids is 2. The standard InChI is InChI=1S/C41H57NO5S/c1-7-47-35(45)42(23-26-9-10-27-20-29(26)36(27,3)4)24-40(46)17-14-33-38(40,6)16-13-32-37(5)15-12-28(43)21-39(37)18-19-41(32,33)30(22-39)34(44)31-11-8-25(2)48-31/h8,11,18-19,22,26-29,32-33,43,46H,7,9-10,12-17,20-21,23-24H2,1-6H3. The van der Waals surface area contributed by atoms with Crippen molar-refractivity contribution in [2.75, 3.05) is 19.7 Å². The number of ketones is 1. The largest absolute Gasteiger partial charge is 0.450 e. The summed E-state index contributed by atoms with van der Waals surface area (Å²) in [5, 5.41) is 24.0. The Morgan fingerprint density at radius 3 is 2.40 bits per heavy atom. The number of aliphatic hydroxyl groups is 2. The predicted molar refractivity (Wildman–Crippen MR) is 189 cm³/mol. The van der Waals surface area contributed by atoms with E-state index in [0.717, 1.165) is 59.8 Å². The summed E-state index contributed by atoms with van der Waals surface area (Å²) in [5.41, 5.74) is -1.27. The maximum atomic E-state index is 14.7. The van der Waals surface area contributed by atoms with Gasteiger partial charge in [-0.2, -0.15) is 0 Å². The van der Waals surface area contributed by atoms with E-state index in [1.165, 1.54) is 12.8 Å². The first-order valence-corrected chi connectivity index (χ1v) is 19.8. The molecule has 9 aliphatic rings. The van der Waals surface area contributed by atoms with Crippen LogP contribution in [0.3, 0.4) is 0 Å². The van der Waals surface area contributed by atoms with E-state index in [4.69, 9.17) is 4.74 Å². The smallest absolute Gasteiger partial charge is 0.409 e. The number of allylic oxidation sites excluding steroid dienone is 4. The molecule has 11 atom stereocenters. The van der Waals surface area contributed by atoms with Crippen LogP contribution in [-0.4, -0.2) is 58.4 Å². The number of aliphatic hydroxyl groups excluding tert-OH is 1. The second-order valence-corrected chi connectivity index (χ2v) is 19.6. The number of hydrogen-bond donors (Lipinski definition) is 2. The molecule has 0 aliphatic heterocycles. The lowest BCUT2D eigenvalue weighted by Crippen LogP contribution is -2.67. The van der Waals surface area contributed by atoms with Crippen LogP contribution in [0.15, 0.2) is 35.9 Å². The summed E-state index contributed by atoms with van der Waals surface area (Å²) < 4.78 is 5.67. The molecule has 6 nitrogen and oxygen atoms in total. The van der Waals surface area contributed by atoms with Crippen molar-refractivity contribution in [1.29, 1.82) is 0 Å². The van der Waals surface area contributed by atoms with Gasteiger partial charge in [0.15, 0.2) is 5.78 Å². The monoisotopic (exact) mass is 675 g/mol. The van der Waals surface area contributed by atoms with E-state index < -0.39 is 16.4 Å². The lowest BCUT2D eigenvalue weighted by atomic mass is 9.32. The normalized spacial score (nSPS) is 46.1. The highest BCUT2D eigenvalue weighted by molar-refractivity contribution is 7.14. The van der Waals surface area contributed by atoms with Crippen LogP contribution in [0.5, 0.6) is 0 Å². The van der Waals surface area contributed by atoms with Crippen LogP contribution in [0.1, 0.15) is 113 Å². The zero-order valence-electron chi connectivity index (χ0n) is 30.0. The molecule has 6 saturated carbocycles. The molecule has 0 aromatic carbocycles. The van der Waals surface area contributed by atoms with Crippen LogP contribution in [0, 0.1) is 63.6 Å². The number of carbonyl (C=O) groups is 2. The molecule has 1 amide bonds. The zero-order valence-corrected chi connectivity index (χ0v) is 30.8. The van der Waals surface area contributed by atoms with Gasteiger partial charge in [0.05, 0.1) is 29.7 Å². The molecule has 1 aromatic heterocycles. The summed E-state index contributed by atoms with van der Waals surface area (Å²) in [6, 6.07) is 4.02. The van der Waals surface area contributed by atoms with E-state index in [-0.39, 0.29) is 47.2 Å². The highest BCUT2D eigenvalue weighted by atomic mass is 32.1. The van der Waals surface area contributed by atoms with Crippen molar-refractivity contribution in [3.8, 4) is 0 Å². The van der Waals surface area contributed by atoms with Gasteiger partial charge in [0, 0.05) is 33.2 Å². The number of amides is 1. The Hall–Kier alpha value is -1.96. The first-order valence-electron chi connectivity index (χ1n) is 19.0. The van der Waals surface area contributed by atoms with Gasteiger partial charge in [-0.3, -0.25) is 4.79 Å². The van der Waals surface area contributed by atoms with Gasteiger partial charge < -0.3 is 19.8 Å². The Morgan fingerprint density at radius 1 is 0.979 bits per heavy atom. The number of aryl methyl sites for hydroxylation is 1. The maximum Gasteiger partial charge on any atom is 0.409 e. The third-order valence-electron chi connectivity index (χ3n) is 16.4. The molecule has 4 bridgehead atoms. The highest BCUT2D eigenvalue weighted by Gasteiger charge is 2.74. The molecule has 11 unspecified atom stereocenters. The lowest BCUT2D eigenvalue weighted by Gasteiger charge is -2.71. The fourth-order valence-corrected chi connectivity index (χ4v) is 14.3. The Labute approximate surface area is 291 Å². The van der Waals surface area contributed by atoms with E-state index in [0.29, 0.717) is 43.2 Å². The van der Waals surface area contributed by atoms with Gasteiger partial charge >= 0.3 is 6.09 Å². The summed E-state index contributed by atoms with van der Waals surface area (Å²) in [6.07, 6.45) is 15.6. The number of nitrogens with zero attached hydrogens (tertiary/aromatic N) is 1. The molecule has 1 heterocycles. The van der Waals surface area contributed by atoms with Crippen LogP contribution < -0.4 is 0 Å². The van der Waals surface area contributed by atoms with E-state index in [1.807, 2.05) is 24.0 Å². The summed E-state index contributed by atoms with van der Waals surface area (Å²) in [6.45, 7) is 14.6. The van der Waals surface area contributed by atoms with E-state index in [1.54, 1.807) is 11.3 Å². The topological polar surface area (TPSA) is 87.1 Å². The molecular formula is C41H57NO5S. The van der Waals surface area contributed by atoms with E-state index in [9.17, 15) is 19.8 Å². The van der Waals surface area contributed by atoms with Crippen molar-refractivity contribution in [2.45, 2.75) is 117 Å².